The Balaban J connectivity index is 1.47. The number of amides is 1. The molecule has 0 bridgehead atoms. The topological polar surface area (TPSA) is 56.8 Å². The minimum atomic E-state index is 0.0642. The molecule has 1 aliphatic heterocycles. The molecule has 2 aliphatic rings. The number of benzene rings is 1. The summed E-state index contributed by atoms with van der Waals surface area (Å²) in [5.74, 6) is 0.902. The van der Waals surface area contributed by atoms with E-state index in [0.29, 0.717) is 26.2 Å². The Hall–Kier alpha value is -1.59. The van der Waals surface area contributed by atoms with E-state index in [1.165, 1.54) is 0 Å². The molecular formula is C18H25NO4. The van der Waals surface area contributed by atoms with Crippen molar-refractivity contribution in [2.24, 2.45) is 0 Å². The first-order valence-corrected chi connectivity index (χ1v) is 8.49. The van der Waals surface area contributed by atoms with Crippen molar-refractivity contribution in [1.82, 2.24) is 5.32 Å². The van der Waals surface area contributed by atoms with Gasteiger partial charge in [0.25, 0.3) is 0 Å². The fraction of sp³-hybridized carbons (Fsp3) is 0.611. The third kappa shape index (κ3) is 4.45. The van der Waals surface area contributed by atoms with Crippen LogP contribution in [0.4, 0.5) is 0 Å². The molecule has 1 aromatic carbocycles. The molecule has 0 radical (unpaired) electrons. The van der Waals surface area contributed by atoms with E-state index in [1.54, 1.807) is 0 Å². The summed E-state index contributed by atoms with van der Waals surface area (Å²) in [6, 6.07) is 7.89. The van der Waals surface area contributed by atoms with Crippen LogP contribution in [0.2, 0.25) is 0 Å². The molecule has 1 aliphatic carbocycles. The number of carbonyl (C=O) groups is 1. The maximum atomic E-state index is 12.2. The average molecular weight is 319 g/mol. The van der Waals surface area contributed by atoms with Gasteiger partial charge in [0.15, 0.2) is 0 Å². The summed E-state index contributed by atoms with van der Waals surface area (Å²) in [6.45, 7) is 3.95. The molecule has 3 rings (SSSR count). The second-order valence-electron chi connectivity index (χ2n) is 6.15. The van der Waals surface area contributed by atoms with Crippen LogP contribution in [0.3, 0.4) is 0 Å². The SMILES string of the molecule is CCOc1ccc(CC(=O)N[C@@H]2CC[C@@H]3OCCO[C@@H]3C2)cc1. The predicted octanol–water partition coefficient (Wildman–Crippen LogP) is 2.08. The minimum absolute atomic E-state index is 0.0642. The lowest BCUT2D eigenvalue weighted by Gasteiger charge is -2.39. The Morgan fingerprint density at radius 3 is 2.65 bits per heavy atom. The van der Waals surface area contributed by atoms with Gasteiger partial charge in [-0.15, -0.1) is 0 Å². The maximum Gasteiger partial charge on any atom is 0.224 e. The van der Waals surface area contributed by atoms with Crippen molar-refractivity contribution in [3.8, 4) is 5.75 Å². The highest BCUT2D eigenvalue weighted by atomic mass is 16.6. The van der Waals surface area contributed by atoms with E-state index >= 15 is 0 Å². The van der Waals surface area contributed by atoms with E-state index in [1.807, 2.05) is 31.2 Å². The van der Waals surface area contributed by atoms with Crippen LogP contribution in [0, 0.1) is 0 Å². The first-order chi connectivity index (χ1) is 11.2. The van der Waals surface area contributed by atoms with Crippen molar-refractivity contribution in [2.75, 3.05) is 19.8 Å². The summed E-state index contributed by atoms with van der Waals surface area (Å²) in [4.78, 5) is 12.2. The van der Waals surface area contributed by atoms with E-state index in [2.05, 4.69) is 5.32 Å². The second kappa shape index (κ2) is 7.79. The summed E-state index contributed by atoms with van der Waals surface area (Å²) in [7, 11) is 0. The zero-order valence-electron chi connectivity index (χ0n) is 13.6. The first kappa shape index (κ1) is 16.3. The molecule has 126 valence electrons. The third-order valence-electron chi connectivity index (χ3n) is 4.44. The molecule has 1 amide bonds. The molecule has 0 spiro atoms. The summed E-state index contributed by atoms with van der Waals surface area (Å²) in [5.41, 5.74) is 0.997. The van der Waals surface area contributed by atoms with Crippen LogP contribution in [0.15, 0.2) is 24.3 Å². The number of carbonyl (C=O) groups excluding carboxylic acids is 1. The van der Waals surface area contributed by atoms with Gasteiger partial charge in [0.1, 0.15) is 5.75 Å². The van der Waals surface area contributed by atoms with E-state index in [4.69, 9.17) is 14.2 Å². The van der Waals surface area contributed by atoms with Crippen molar-refractivity contribution >= 4 is 5.91 Å². The fourth-order valence-corrected chi connectivity index (χ4v) is 3.33. The Morgan fingerprint density at radius 1 is 1.17 bits per heavy atom. The molecule has 1 saturated carbocycles. The zero-order valence-corrected chi connectivity index (χ0v) is 13.6. The van der Waals surface area contributed by atoms with Crippen LogP contribution in [-0.4, -0.2) is 44.0 Å². The van der Waals surface area contributed by atoms with Gasteiger partial charge in [0, 0.05) is 6.04 Å². The smallest absolute Gasteiger partial charge is 0.224 e. The standard InChI is InChI=1S/C18H25NO4/c1-2-21-15-6-3-13(4-7-15)11-18(20)19-14-5-8-16-17(12-14)23-10-9-22-16/h3-4,6-7,14,16-17H,2,5,8-12H2,1H3,(H,19,20)/t14-,16+,17-/m1/s1. The van der Waals surface area contributed by atoms with Gasteiger partial charge in [-0.25, -0.2) is 0 Å². The lowest BCUT2D eigenvalue weighted by molar-refractivity contribution is -0.158. The zero-order chi connectivity index (χ0) is 16.1. The highest BCUT2D eigenvalue weighted by Crippen LogP contribution is 2.26. The number of fused-ring (bicyclic) bond motifs is 1. The molecule has 1 aromatic rings. The predicted molar refractivity (Wildman–Crippen MR) is 86.6 cm³/mol. The van der Waals surface area contributed by atoms with E-state index in [0.717, 1.165) is 30.6 Å². The van der Waals surface area contributed by atoms with Crippen LogP contribution < -0.4 is 10.1 Å². The summed E-state index contributed by atoms with van der Waals surface area (Å²) in [5, 5.41) is 3.13. The largest absolute Gasteiger partial charge is 0.494 e. The van der Waals surface area contributed by atoms with Crippen molar-refractivity contribution in [1.29, 1.82) is 0 Å². The summed E-state index contributed by atoms with van der Waals surface area (Å²) in [6.07, 6.45) is 3.50. The molecule has 1 saturated heterocycles. The third-order valence-corrected chi connectivity index (χ3v) is 4.44. The van der Waals surface area contributed by atoms with Crippen molar-refractivity contribution in [2.45, 2.75) is 50.9 Å². The van der Waals surface area contributed by atoms with Gasteiger partial charge >= 0.3 is 0 Å². The quantitative estimate of drug-likeness (QED) is 0.903. The number of rotatable bonds is 5. The normalized spacial score (nSPS) is 27.1. The van der Waals surface area contributed by atoms with Crippen LogP contribution in [0.1, 0.15) is 31.7 Å². The molecule has 3 atom stereocenters. The van der Waals surface area contributed by atoms with Gasteiger partial charge in [-0.1, -0.05) is 12.1 Å². The van der Waals surface area contributed by atoms with Gasteiger partial charge in [0.05, 0.1) is 38.4 Å². The first-order valence-electron chi connectivity index (χ1n) is 8.49. The lowest BCUT2D eigenvalue weighted by atomic mass is 9.89. The van der Waals surface area contributed by atoms with Gasteiger partial charge in [0.2, 0.25) is 5.91 Å². The maximum absolute atomic E-state index is 12.2. The Bertz CT molecular complexity index is 516. The molecule has 1 N–H and O–H groups in total. The number of hydrogen-bond acceptors (Lipinski definition) is 4. The Kier molecular flexibility index (Phi) is 5.51. The van der Waals surface area contributed by atoms with Gasteiger partial charge in [-0.05, 0) is 43.9 Å². The Labute approximate surface area is 137 Å². The van der Waals surface area contributed by atoms with Gasteiger partial charge in [-0.3, -0.25) is 4.79 Å². The summed E-state index contributed by atoms with van der Waals surface area (Å²) >= 11 is 0. The molecule has 0 aromatic heterocycles. The van der Waals surface area contributed by atoms with Crippen molar-refractivity contribution in [3.05, 3.63) is 29.8 Å². The number of ether oxygens (including phenoxy) is 3. The van der Waals surface area contributed by atoms with E-state index in [-0.39, 0.29) is 24.2 Å². The molecule has 5 heteroatoms. The van der Waals surface area contributed by atoms with Gasteiger partial charge in [-0.2, -0.15) is 0 Å². The monoisotopic (exact) mass is 319 g/mol. The molecule has 23 heavy (non-hydrogen) atoms. The summed E-state index contributed by atoms with van der Waals surface area (Å²) < 4.78 is 16.9. The van der Waals surface area contributed by atoms with Crippen LogP contribution in [-0.2, 0) is 20.7 Å². The Morgan fingerprint density at radius 2 is 1.91 bits per heavy atom. The minimum Gasteiger partial charge on any atom is -0.494 e. The second-order valence-corrected chi connectivity index (χ2v) is 6.15. The van der Waals surface area contributed by atoms with Crippen molar-refractivity contribution < 1.29 is 19.0 Å². The van der Waals surface area contributed by atoms with Crippen LogP contribution in [0.5, 0.6) is 5.75 Å². The van der Waals surface area contributed by atoms with Gasteiger partial charge < -0.3 is 19.5 Å². The molecule has 0 unspecified atom stereocenters. The van der Waals surface area contributed by atoms with E-state index in [9.17, 15) is 4.79 Å². The molecule has 5 nitrogen and oxygen atoms in total. The average Bonchev–Trinajstić information content (AvgIpc) is 2.57. The van der Waals surface area contributed by atoms with E-state index < -0.39 is 0 Å². The number of hydrogen-bond donors (Lipinski definition) is 1. The number of nitrogens with one attached hydrogen (secondary N) is 1. The fourth-order valence-electron chi connectivity index (χ4n) is 3.33. The lowest BCUT2D eigenvalue weighted by Crippen LogP contribution is -2.49. The van der Waals surface area contributed by atoms with Crippen LogP contribution >= 0.6 is 0 Å². The molecule has 1 heterocycles. The molecule has 2 fully saturated rings. The van der Waals surface area contributed by atoms with Crippen LogP contribution in [0.25, 0.3) is 0 Å². The highest BCUT2D eigenvalue weighted by molar-refractivity contribution is 5.78. The molecular weight excluding hydrogens is 294 g/mol. The van der Waals surface area contributed by atoms with Crippen molar-refractivity contribution in [3.63, 3.8) is 0 Å². The highest BCUT2D eigenvalue weighted by Gasteiger charge is 2.34.